The second kappa shape index (κ2) is 8.55. The predicted molar refractivity (Wildman–Crippen MR) is 131 cm³/mol. The molecule has 0 saturated carbocycles. The van der Waals surface area contributed by atoms with Crippen LogP contribution in [0.1, 0.15) is 27.0 Å². The first-order chi connectivity index (χ1) is 16.1. The van der Waals surface area contributed by atoms with Crippen LogP contribution in [0.15, 0.2) is 84.0 Å². The highest BCUT2D eigenvalue weighted by molar-refractivity contribution is 6.10. The third-order valence-electron chi connectivity index (χ3n) is 5.40. The first-order valence-corrected chi connectivity index (χ1v) is 10.6. The molecular formula is C26H22N6O. The Kier molecular flexibility index (Phi) is 5.28. The molecule has 33 heavy (non-hydrogen) atoms. The normalized spacial score (nSPS) is 11.4. The Balaban J connectivity index is 1.60. The minimum Gasteiger partial charge on any atom is -0.383 e. The average molecular weight is 435 g/mol. The van der Waals surface area contributed by atoms with Crippen LogP contribution in [0.25, 0.3) is 22.2 Å². The number of anilines is 1. The number of nitrogen functional groups attached to an aromatic ring is 1. The van der Waals surface area contributed by atoms with Crippen LogP contribution >= 0.6 is 0 Å². The largest absolute Gasteiger partial charge is 0.383 e. The Morgan fingerprint density at radius 2 is 1.64 bits per heavy atom. The Hall–Kier alpha value is -4.52. The third kappa shape index (κ3) is 4.04. The van der Waals surface area contributed by atoms with Crippen LogP contribution in [-0.2, 0) is 6.54 Å². The van der Waals surface area contributed by atoms with Crippen LogP contribution in [-0.4, -0.2) is 26.8 Å². The molecule has 0 aliphatic carbocycles. The third-order valence-corrected chi connectivity index (χ3v) is 5.40. The molecule has 1 amide bonds. The minimum atomic E-state index is -0.324. The van der Waals surface area contributed by atoms with E-state index in [1.807, 2.05) is 85.8 Å². The van der Waals surface area contributed by atoms with Gasteiger partial charge in [-0.2, -0.15) is 9.78 Å². The molecule has 7 heteroatoms. The van der Waals surface area contributed by atoms with Gasteiger partial charge in [-0.25, -0.2) is 9.97 Å². The van der Waals surface area contributed by atoms with Crippen molar-refractivity contribution in [2.24, 2.45) is 5.10 Å². The summed E-state index contributed by atoms with van der Waals surface area (Å²) in [6.45, 7) is 2.40. The number of nitrogens with two attached hydrogens (primary N) is 1. The summed E-state index contributed by atoms with van der Waals surface area (Å²) in [5.74, 6) is -0.135. The summed E-state index contributed by atoms with van der Waals surface area (Å²) in [7, 11) is 0. The minimum absolute atomic E-state index is 0.189. The summed E-state index contributed by atoms with van der Waals surface area (Å²) in [6, 6.07) is 25.1. The molecule has 0 radical (unpaired) electrons. The van der Waals surface area contributed by atoms with Gasteiger partial charge < -0.3 is 11.1 Å². The number of aryl methyl sites for hydroxylation is 1. The van der Waals surface area contributed by atoms with Crippen molar-refractivity contribution in [2.45, 2.75) is 13.5 Å². The molecule has 0 bridgehead atoms. The zero-order valence-corrected chi connectivity index (χ0v) is 18.1. The van der Waals surface area contributed by atoms with E-state index in [2.05, 4.69) is 10.4 Å². The fourth-order valence-corrected chi connectivity index (χ4v) is 3.63. The molecule has 3 N–H and O–H groups in total. The van der Waals surface area contributed by atoms with Gasteiger partial charge in [0.2, 0.25) is 0 Å². The van der Waals surface area contributed by atoms with Gasteiger partial charge >= 0.3 is 0 Å². The number of fused-ring (bicyclic) bond motifs is 2. The molecule has 0 fully saturated rings. The van der Waals surface area contributed by atoms with Crippen molar-refractivity contribution in [3.63, 3.8) is 0 Å². The second-order valence-electron chi connectivity index (χ2n) is 7.78. The zero-order valence-electron chi connectivity index (χ0n) is 18.1. The summed E-state index contributed by atoms with van der Waals surface area (Å²) in [5.41, 5.74) is 12.0. The summed E-state index contributed by atoms with van der Waals surface area (Å²) in [4.78, 5) is 22.6. The van der Waals surface area contributed by atoms with Crippen molar-refractivity contribution in [3.8, 4) is 0 Å². The Morgan fingerprint density at radius 1 is 0.970 bits per heavy atom. The van der Waals surface area contributed by atoms with E-state index in [1.165, 1.54) is 4.68 Å². The van der Waals surface area contributed by atoms with E-state index in [9.17, 15) is 4.79 Å². The Labute approximate surface area is 190 Å². The van der Waals surface area contributed by atoms with Crippen molar-refractivity contribution in [1.29, 1.82) is 0 Å². The highest BCUT2D eigenvalue weighted by Crippen LogP contribution is 2.28. The lowest BCUT2D eigenvalue weighted by atomic mass is 10.2. The van der Waals surface area contributed by atoms with Gasteiger partial charge in [0.15, 0.2) is 5.65 Å². The molecule has 5 rings (SSSR count). The molecule has 2 heterocycles. The molecule has 2 aromatic heterocycles. The van der Waals surface area contributed by atoms with E-state index >= 15 is 0 Å². The van der Waals surface area contributed by atoms with E-state index in [-0.39, 0.29) is 17.3 Å². The lowest BCUT2D eigenvalue weighted by Gasteiger charge is -2.05. The SMILES string of the molecule is Cc1ccc(/C=N/n2c(N)c(C(=O)NCc3ccccc3)c3nc4ccccc4nc32)cc1. The fourth-order valence-electron chi connectivity index (χ4n) is 3.63. The topological polar surface area (TPSA) is 98.2 Å². The van der Waals surface area contributed by atoms with E-state index in [1.54, 1.807) is 6.21 Å². The lowest BCUT2D eigenvalue weighted by molar-refractivity contribution is 0.0953. The van der Waals surface area contributed by atoms with Gasteiger partial charge in [0.25, 0.3) is 5.91 Å². The number of amides is 1. The second-order valence-corrected chi connectivity index (χ2v) is 7.78. The number of rotatable bonds is 5. The van der Waals surface area contributed by atoms with Crippen LogP contribution in [0.2, 0.25) is 0 Å². The first-order valence-electron chi connectivity index (χ1n) is 10.6. The van der Waals surface area contributed by atoms with Crippen molar-refractivity contribution >= 4 is 40.1 Å². The molecule has 5 aromatic rings. The van der Waals surface area contributed by atoms with Crippen molar-refractivity contribution in [3.05, 3.63) is 101 Å². The molecule has 0 saturated heterocycles. The highest BCUT2D eigenvalue weighted by atomic mass is 16.1. The number of carbonyl (C=O) groups is 1. The maximum absolute atomic E-state index is 13.2. The van der Waals surface area contributed by atoms with Gasteiger partial charge in [0.1, 0.15) is 16.9 Å². The van der Waals surface area contributed by atoms with Gasteiger partial charge in [-0.05, 0) is 30.2 Å². The summed E-state index contributed by atoms with van der Waals surface area (Å²) in [6.07, 6.45) is 1.69. The maximum atomic E-state index is 13.2. The van der Waals surface area contributed by atoms with Gasteiger partial charge in [-0.1, -0.05) is 72.3 Å². The van der Waals surface area contributed by atoms with E-state index in [0.717, 1.165) is 16.7 Å². The smallest absolute Gasteiger partial charge is 0.257 e. The Bertz CT molecular complexity index is 1490. The van der Waals surface area contributed by atoms with Gasteiger partial charge in [0.05, 0.1) is 17.2 Å². The van der Waals surface area contributed by atoms with Crippen LogP contribution in [0.3, 0.4) is 0 Å². The standard InChI is InChI=1S/C26H22N6O/c1-17-11-13-19(14-12-17)16-29-32-24(27)22(26(33)28-15-18-7-3-2-4-8-18)23-25(32)31-21-10-6-5-9-20(21)30-23/h2-14,16H,15,27H2,1H3,(H,28,33)/b29-16+. The number of aromatic nitrogens is 3. The first kappa shape index (κ1) is 20.4. The number of hydrogen-bond donors (Lipinski definition) is 2. The predicted octanol–water partition coefficient (Wildman–Crippen LogP) is 4.29. The van der Waals surface area contributed by atoms with E-state index in [0.29, 0.717) is 28.7 Å². The summed E-state index contributed by atoms with van der Waals surface area (Å²) >= 11 is 0. The van der Waals surface area contributed by atoms with Crippen molar-refractivity contribution in [2.75, 3.05) is 5.73 Å². The molecule has 7 nitrogen and oxygen atoms in total. The van der Waals surface area contributed by atoms with Gasteiger partial charge in [-0.3, -0.25) is 4.79 Å². The summed E-state index contributed by atoms with van der Waals surface area (Å²) in [5, 5.41) is 7.48. The highest BCUT2D eigenvalue weighted by Gasteiger charge is 2.24. The number of hydrogen-bond acceptors (Lipinski definition) is 5. The van der Waals surface area contributed by atoms with Crippen LogP contribution in [0.5, 0.6) is 0 Å². The van der Waals surface area contributed by atoms with Crippen molar-refractivity contribution in [1.82, 2.24) is 20.0 Å². The van der Waals surface area contributed by atoms with E-state index < -0.39 is 0 Å². The summed E-state index contributed by atoms with van der Waals surface area (Å²) < 4.78 is 1.48. The molecule has 0 aliphatic rings. The monoisotopic (exact) mass is 434 g/mol. The lowest BCUT2D eigenvalue weighted by Crippen LogP contribution is -2.23. The molecule has 162 valence electrons. The molecule has 3 aromatic carbocycles. The molecule has 0 spiro atoms. The molecule has 0 unspecified atom stereocenters. The average Bonchev–Trinajstić information content (AvgIpc) is 3.11. The molecular weight excluding hydrogens is 412 g/mol. The van der Waals surface area contributed by atoms with Gasteiger partial charge in [0, 0.05) is 6.54 Å². The zero-order chi connectivity index (χ0) is 22.8. The van der Waals surface area contributed by atoms with Crippen LogP contribution < -0.4 is 11.1 Å². The van der Waals surface area contributed by atoms with Crippen LogP contribution in [0.4, 0.5) is 5.82 Å². The maximum Gasteiger partial charge on any atom is 0.257 e. The number of para-hydroxylation sites is 2. The molecule has 0 atom stereocenters. The fraction of sp³-hybridized carbons (Fsp3) is 0.0769. The number of carbonyl (C=O) groups excluding carboxylic acids is 1. The van der Waals surface area contributed by atoms with E-state index in [4.69, 9.17) is 15.7 Å². The Morgan fingerprint density at radius 3 is 2.36 bits per heavy atom. The van der Waals surface area contributed by atoms with Crippen LogP contribution in [0, 0.1) is 6.92 Å². The van der Waals surface area contributed by atoms with Crippen molar-refractivity contribution < 1.29 is 4.79 Å². The number of nitrogens with one attached hydrogen (secondary N) is 1. The van der Waals surface area contributed by atoms with Gasteiger partial charge in [-0.15, -0.1) is 0 Å². The molecule has 0 aliphatic heterocycles. The number of benzene rings is 3. The number of nitrogens with zero attached hydrogens (tertiary/aromatic N) is 4. The quantitative estimate of drug-likeness (QED) is 0.403.